The third kappa shape index (κ3) is 4.50. The number of hydrogen-bond acceptors (Lipinski definition) is 3. The van der Waals surface area contributed by atoms with E-state index in [2.05, 4.69) is 35.7 Å². The molecule has 0 radical (unpaired) electrons. The first kappa shape index (κ1) is 23.3. The minimum Gasteiger partial charge on any atom is -0.411 e. The highest BCUT2D eigenvalue weighted by atomic mass is 35.5. The van der Waals surface area contributed by atoms with Gasteiger partial charge in [-0.2, -0.15) is 0 Å². The quantitative estimate of drug-likeness (QED) is 0.0909. The number of ketones is 1. The maximum atomic E-state index is 13.2. The normalized spacial score (nSPS) is 12.1. The smallest absolute Gasteiger partial charge is 0.194 e. The van der Waals surface area contributed by atoms with Crippen molar-refractivity contribution in [2.75, 3.05) is 0 Å². The van der Waals surface area contributed by atoms with E-state index in [-0.39, 0.29) is 5.78 Å². The van der Waals surface area contributed by atoms with Crippen molar-refractivity contribution in [2.24, 2.45) is 5.16 Å². The van der Waals surface area contributed by atoms with Crippen LogP contribution in [-0.4, -0.2) is 21.3 Å². The standard InChI is InChI=1S/C27H26Cl2N2O2/c1-3-5-6-7-24(30-33)17-8-12-25-21(14-17)22-15-18(9-13-26(22)31(25)4-2)27(32)20-11-10-19(28)16-23(20)29/h8-16,33H,3-7H2,1-2H3/b30-24+. The number of halogens is 2. The summed E-state index contributed by atoms with van der Waals surface area (Å²) in [5, 5.41) is 16.0. The fourth-order valence-corrected chi connectivity index (χ4v) is 4.88. The zero-order valence-electron chi connectivity index (χ0n) is 18.7. The van der Waals surface area contributed by atoms with Crippen molar-refractivity contribution in [3.05, 3.63) is 81.3 Å². The summed E-state index contributed by atoms with van der Waals surface area (Å²) in [5.74, 6) is -0.149. The lowest BCUT2D eigenvalue weighted by Gasteiger charge is -2.06. The summed E-state index contributed by atoms with van der Waals surface area (Å²) in [6.07, 6.45) is 3.90. The van der Waals surface area contributed by atoms with Gasteiger partial charge < -0.3 is 9.77 Å². The van der Waals surface area contributed by atoms with Crippen LogP contribution in [-0.2, 0) is 6.54 Å². The molecule has 6 heteroatoms. The molecule has 4 aromatic rings. The molecule has 1 heterocycles. The molecule has 0 aliphatic carbocycles. The van der Waals surface area contributed by atoms with Crippen molar-refractivity contribution in [1.29, 1.82) is 0 Å². The highest BCUT2D eigenvalue weighted by molar-refractivity contribution is 6.37. The summed E-state index contributed by atoms with van der Waals surface area (Å²) < 4.78 is 2.23. The highest BCUT2D eigenvalue weighted by Gasteiger charge is 2.17. The molecule has 0 spiro atoms. The van der Waals surface area contributed by atoms with Crippen LogP contribution in [0, 0.1) is 0 Å². The molecule has 0 amide bonds. The van der Waals surface area contributed by atoms with Crippen LogP contribution in [0.4, 0.5) is 0 Å². The number of carbonyl (C=O) groups is 1. The highest BCUT2D eigenvalue weighted by Crippen LogP contribution is 2.32. The van der Waals surface area contributed by atoms with Gasteiger partial charge in [0.1, 0.15) is 0 Å². The number of benzene rings is 3. The Bertz CT molecular complexity index is 1370. The Morgan fingerprint density at radius 1 is 0.909 bits per heavy atom. The number of oxime groups is 1. The number of unbranched alkanes of at least 4 members (excludes halogenated alkanes) is 2. The second kappa shape index (κ2) is 9.98. The maximum Gasteiger partial charge on any atom is 0.194 e. The third-order valence-electron chi connectivity index (χ3n) is 6.09. The molecular weight excluding hydrogens is 455 g/mol. The number of fused-ring (bicyclic) bond motifs is 3. The van der Waals surface area contributed by atoms with Gasteiger partial charge in [-0.25, -0.2) is 0 Å². The fourth-order valence-electron chi connectivity index (χ4n) is 4.39. The van der Waals surface area contributed by atoms with Gasteiger partial charge in [-0.05, 0) is 68.3 Å². The zero-order chi connectivity index (χ0) is 23.5. The summed E-state index contributed by atoms with van der Waals surface area (Å²) in [5.41, 5.74) is 4.70. The maximum absolute atomic E-state index is 13.2. The zero-order valence-corrected chi connectivity index (χ0v) is 20.2. The van der Waals surface area contributed by atoms with Crippen LogP contribution in [0.1, 0.15) is 61.0 Å². The Hall–Kier alpha value is -2.82. The SMILES string of the molecule is CCCCC/C(=N\O)c1ccc2c(c1)c1cc(C(=O)c3ccc(Cl)cc3Cl)ccc1n2CC. The molecule has 1 aromatic heterocycles. The number of hydrogen-bond donors (Lipinski definition) is 1. The lowest BCUT2D eigenvalue weighted by molar-refractivity contribution is 0.103. The van der Waals surface area contributed by atoms with Gasteiger partial charge in [0.15, 0.2) is 5.78 Å². The first-order valence-electron chi connectivity index (χ1n) is 11.3. The summed E-state index contributed by atoms with van der Waals surface area (Å²) in [4.78, 5) is 13.2. The van der Waals surface area contributed by atoms with Crippen LogP contribution in [0.3, 0.4) is 0 Å². The minimum atomic E-state index is -0.149. The molecule has 170 valence electrons. The second-order valence-electron chi connectivity index (χ2n) is 8.17. The second-order valence-corrected chi connectivity index (χ2v) is 9.01. The molecule has 4 nitrogen and oxygen atoms in total. The summed E-state index contributed by atoms with van der Waals surface area (Å²) in [6, 6.07) is 16.8. The molecule has 0 unspecified atom stereocenters. The van der Waals surface area contributed by atoms with Gasteiger partial charge in [-0.3, -0.25) is 4.79 Å². The summed E-state index contributed by atoms with van der Waals surface area (Å²) >= 11 is 12.3. The van der Waals surface area contributed by atoms with Crippen molar-refractivity contribution in [3.8, 4) is 0 Å². The predicted molar refractivity (Wildman–Crippen MR) is 137 cm³/mol. The van der Waals surface area contributed by atoms with Crippen molar-refractivity contribution in [1.82, 2.24) is 4.57 Å². The number of aryl methyl sites for hydroxylation is 1. The van der Waals surface area contributed by atoms with Crippen LogP contribution in [0.5, 0.6) is 0 Å². The summed E-state index contributed by atoms with van der Waals surface area (Å²) in [7, 11) is 0. The average Bonchev–Trinajstić information content (AvgIpc) is 3.13. The molecule has 0 aliphatic rings. The third-order valence-corrected chi connectivity index (χ3v) is 6.64. The van der Waals surface area contributed by atoms with Crippen molar-refractivity contribution in [2.45, 2.75) is 46.1 Å². The summed E-state index contributed by atoms with van der Waals surface area (Å²) in [6.45, 7) is 5.05. The van der Waals surface area contributed by atoms with Crippen molar-refractivity contribution >= 4 is 56.5 Å². The molecule has 3 aromatic carbocycles. The Morgan fingerprint density at radius 3 is 2.18 bits per heavy atom. The van der Waals surface area contributed by atoms with Crippen LogP contribution < -0.4 is 0 Å². The molecule has 0 aliphatic heterocycles. The van der Waals surface area contributed by atoms with Gasteiger partial charge in [0.25, 0.3) is 0 Å². The Labute approximate surface area is 203 Å². The monoisotopic (exact) mass is 480 g/mol. The molecular formula is C27H26Cl2N2O2. The van der Waals surface area contributed by atoms with E-state index in [1.54, 1.807) is 18.2 Å². The average molecular weight is 481 g/mol. The van der Waals surface area contributed by atoms with Crippen LogP contribution in [0.25, 0.3) is 21.8 Å². The molecule has 33 heavy (non-hydrogen) atoms. The Balaban J connectivity index is 1.83. The van der Waals surface area contributed by atoms with Crippen molar-refractivity contribution in [3.63, 3.8) is 0 Å². The van der Waals surface area contributed by atoms with Gasteiger partial charge in [-0.1, -0.05) is 54.2 Å². The van der Waals surface area contributed by atoms with E-state index < -0.39 is 0 Å². The van der Waals surface area contributed by atoms with Gasteiger partial charge in [0.2, 0.25) is 0 Å². The molecule has 1 N–H and O–H groups in total. The topological polar surface area (TPSA) is 54.6 Å². The molecule has 0 saturated carbocycles. The van der Waals surface area contributed by atoms with E-state index >= 15 is 0 Å². The van der Waals surface area contributed by atoms with Gasteiger partial charge >= 0.3 is 0 Å². The molecule has 0 bridgehead atoms. The molecule has 4 rings (SSSR count). The number of nitrogens with zero attached hydrogens (tertiary/aromatic N) is 2. The number of aromatic nitrogens is 1. The van der Waals surface area contributed by atoms with E-state index in [0.717, 1.165) is 59.6 Å². The molecule has 0 fully saturated rings. The first-order chi connectivity index (χ1) is 16.0. The van der Waals surface area contributed by atoms with Crippen LogP contribution in [0.15, 0.2) is 59.8 Å². The van der Waals surface area contributed by atoms with E-state index in [4.69, 9.17) is 23.2 Å². The van der Waals surface area contributed by atoms with E-state index in [1.807, 2.05) is 24.3 Å². The van der Waals surface area contributed by atoms with Crippen LogP contribution >= 0.6 is 23.2 Å². The lowest BCUT2D eigenvalue weighted by atomic mass is 9.99. The van der Waals surface area contributed by atoms with Gasteiger partial charge in [-0.15, -0.1) is 0 Å². The Kier molecular flexibility index (Phi) is 7.06. The van der Waals surface area contributed by atoms with E-state index in [1.165, 1.54) is 0 Å². The molecule has 0 saturated heterocycles. The largest absolute Gasteiger partial charge is 0.411 e. The van der Waals surface area contributed by atoms with E-state index in [0.29, 0.717) is 26.9 Å². The van der Waals surface area contributed by atoms with Gasteiger partial charge in [0.05, 0.1) is 10.7 Å². The Morgan fingerprint density at radius 2 is 1.58 bits per heavy atom. The van der Waals surface area contributed by atoms with Crippen LogP contribution in [0.2, 0.25) is 10.0 Å². The fraction of sp³-hybridized carbons (Fsp3) is 0.259. The minimum absolute atomic E-state index is 0.149. The van der Waals surface area contributed by atoms with E-state index in [9.17, 15) is 10.0 Å². The van der Waals surface area contributed by atoms with Gasteiger partial charge in [0, 0.05) is 50.1 Å². The number of carbonyl (C=O) groups excluding carboxylic acids is 1. The molecule has 0 atom stereocenters. The first-order valence-corrected chi connectivity index (χ1v) is 12.0. The lowest BCUT2D eigenvalue weighted by Crippen LogP contribution is -2.02. The number of rotatable bonds is 8. The van der Waals surface area contributed by atoms with Crippen molar-refractivity contribution < 1.29 is 10.0 Å². The predicted octanol–water partition coefficient (Wildman–Crippen LogP) is 8.11.